The van der Waals surface area contributed by atoms with Crippen molar-refractivity contribution >= 4 is 29.2 Å². The number of para-hydroxylation sites is 1. The average Bonchev–Trinajstić information content (AvgIpc) is 2.68. The van der Waals surface area contributed by atoms with Gasteiger partial charge in [0.25, 0.3) is 5.56 Å². The first-order valence-electron chi connectivity index (χ1n) is 8.44. The van der Waals surface area contributed by atoms with Crippen molar-refractivity contribution in [3.63, 3.8) is 0 Å². The number of nitrogens with zero attached hydrogens (tertiary/aromatic N) is 2. The lowest BCUT2D eigenvalue weighted by Gasteiger charge is -2.13. The predicted octanol–water partition coefficient (Wildman–Crippen LogP) is 4.30. The molecular weight excluding hydrogens is 403 g/mol. The number of halogens is 2. The van der Waals surface area contributed by atoms with Gasteiger partial charge in [-0.3, -0.25) is 4.79 Å². The molecule has 0 fully saturated rings. The molecule has 3 rings (SSSR count). The normalized spacial score (nSPS) is 10.5. The van der Waals surface area contributed by atoms with E-state index >= 15 is 0 Å². The van der Waals surface area contributed by atoms with Crippen molar-refractivity contribution in [2.75, 3.05) is 6.61 Å². The Morgan fingerprint density at radius 3 is 2.43 bits per heavy atom. The van der Waals surface area contributed by atoms with Crippen LogP contribution in [0.1, 0.15) is 23.0 Å². The van der Waals surface area contributed by atoms with Crippen LogP contribution in [0.15, 0.2) is 59.4 Å². The quantitative estimate of drug-likeness (QED) is 0.558. The van der Waals surface area contributed by atoms with Gasteiger partial charge in [0.2, 0.25) is 5.69 Å². The van der Waals surface area contributed by atoms with Crippen molar-refractivity contribution < 1.29 is 14.3 Å². The summed E-state index contributed by atoms with van der Waals surface area (Å²) >= 11 is 12.3. The Bertz CT molecular complexity index is 1070. The number of esters is 1. The summed E-state index contributed by atoms with van der Waals surface area (Å²) in [6, 6.07) is 15.0. The molecule has 3 aromatic rings. The van der Waals surface area contributed by atoms with E-state index in [2.05, 4.69) is 5.10 Å². The van der Waals surface area contributed by atoms with Crippen molar-refractivity contribution in [1.82, 2.24) is 9.78 Å². The number of rotatable bonds is 6. The van der Waals surface area contributed by atoms with Gasteiger partial charge >= 0.3 is 5.97 Å². The van der Waals surface area contributed by atoms with Gasteiger partial charge in [0, 0.05) is 10.6 Å². The molecule has 8 heteroatoms. The van der Waals surface area contributed by atoms with Gasteiger partial charge in [-0.2, -0.15) is 9.78 Å². The molecule has 0 aliphatic carbocycles. The SMILES string of the molecule is CCOC(=O)c1nn(-c2ccccc2Cl)c(=O)cc1OCc1ccccc1Cl. The van der Waals surface area contributed by atoms with Crippen molar-refractivity contribution in [2.45, 2.75) is 13.5 Å². The third-order valence-corrected chi connectivity index (χ3v) is 4.48. The molecule has 28 heavy (non-hydrogen) atoms. The van der Waals surface area contributed by atoms with Crippen molar-refractivity contribution in [1.29, 1.82) is 0 Å². The largest absolute Gasteiger partial charge is 0.486 e. The summed E-state index contributed by atoms with van der Waals surface area (Å²) in [5.74, 6) is -0.705. The third kappa shape index (κ3) is 4.35. The van der Waals surface area contributed by atoms with E-state index in [1.165, 1.54) is 6.07 Å². The van der Waals surface area contributed by atoms with Crippen LogP contribution < -0.4 is 10.3 Å². The molecule has 1 aromatic heterocycles. The van der Waals surface area contributed by atoms with Crippen LogP contribution in [-0.2, 0) is 11.3 Å². The van der Waals surface area contributed by atoms with Crippen molar-refractivity contribution in [3.05, 3.63) is 86.3 Å². The molecule has 0 atom stereocenters. The predicted molar refractivity (Wildman–Crippen MR) is 107 cm³/mol. The van der Waals surface area contributed by atoms with Crippen molar-refractivity contribution in [3.8, 4) is 11.4 Å². The monoisotopic (exact) mass is 418 g/mol. The molecule has 1 heterocycles. The summed E-state index contributed by atoms with van der Waals surface area (Å²) in [4.78, 5) is 25.0. The first-order valence-corrected chi connectivity index (χ1v) is 9.19. The Morgan fingerprint density at radius 1 is 1.07 bits per heavy atom. The highest BCUT2D eigenvalue weighted by Crippen LogP contribution is 2.22. The first kappa shape index (κ1) is 19.9. The van der Waals surface area contributed by atoms with Crippen LogP contribution in [0, 0.1) is 0 Å². The maximum atomic E-state index is 12.6. The van der Waals surface area contributed by atoms with Crippen LogP contribution in [0.5, 0.6) is 5.75 Å². The standard InChI is InChI=1S/C20H16Cl2N2O4/c1-2-27-20(26)19-17(28-12-13-7-3-4-8-14(13)21)11-18(25)24(23-19)16-10-6-5-9-15(16)22/h3-11H,2,12H2,1H3. The van der Waals surface area contributed by atoms with Gasteiger partial charge in [-0.05, 0) is 25.1 Å². The molecule has 0 spiro atoms. The molecule has 0 bridgehead atoms. The highest BCUT2D eigenvalue weighted by molar-refractivity contribution is 6.32. The zero-order valence-electron chi connectivity index (χ0n) is 14.9. The summed E-state index contributed by atoms with van der Waals surface area (Å²) in [6.45, 7) is 1.88. The second kappa shape index (κ2) is 8.91. The average molecular weight is 419 g/mol. The van der Waals surface area contributed by atoms with Crippen molar-refractivity contribution in [2.24, 2.45) is 0 Å². The summed E-state index contributed by atoms with van der Waals surface area (Å²) in [5, 5.41) is 4.97. The molecule has 144 valence electrons. The minimum Gasteiger partial charge on any atom is -0.486 e. The number of carbonyl (C=O) groups is 1. The second-order valence-electron chi connectivity index (χ2n) is 5.66. The number of aromatic nitrogens is 2. The fourth-order valence-electron chi connectivity index (χ4n) is 2.46. The van der Waals surface area contributed by atoms with Gasteiger partial charge in [0.15, 0.2) is 5.75 Å². The molecule has 2 aromatic carbocycles. The minimum atomic E-state index is -0.711. The molecule has 0 radical (unpaired) electrons. The number of benzene rings is 2. The van der Waals surface area contributed by atoms with E-state index in [9.17, 15) is 9.59 Å². The molecule has 0 unspecified atom stereocenters. The number of ether oxygens (including phenoxy) is 2. The third-order valence-electron chi connectivity index (χ3n) is 3.79. The lowest BCUT2D eigenvalue weighted by atomic mass is 10.2. The van der Waals surface area contributed by atoms with Gasteiger partial charge in [0.05, 0.1) is 23.4 Å². The molecule has 0 amide bonds. The lowest BCUT2D eigenvalue weighted by Crippen LogP contribution is -2.25. The van der Waals surface area contributed by atoms with E-state index in [1.54, 1.807) is 49.4 Å². The molecular formula is C20H16Cl2N2O4. The molecule has 0 aliphatic heterocycles. The molecule has 6 nitrogen and oxygen atoms in total. The Hall–Kier alpha value is -2.83. The van der Waals surface area contributed by atoms with Gasteiger partial charge in [-0.15, -0.1) is 0 Å². The van der Waals surface area contributed by atoms with E-state index in [1.807, 2.05) is 6.07 Å². The number of hydrogen-bond donors (Lipinski definition) is 0. The fourth-order valence-corrected chi connectivity index (χ4v) is 2.86. The first-order chi connectivity index (χ1) is 13.5. The number of hydrogen-bond acceptors (Lipinski definition) is 5. The maximum Gasteiger partial charge on any atom is 0.362 e. The molecule has 0 aliphatic rings. The Kier molecular flexibility index (Phi) is 6.34. The smallest absolute Gasteiger partial charge is 0.362 e. The Balaban J connectivity index is 2.03. The summed E-state index contributed by atoms with van der Waals surface area (Å²) in [6.07, 6.45) is 0. The van der Waals surface area contributed by atoms with E-state index in [0.717, 1.165) is 4.68 Å². The van der Waals surface area contributed by atoms with Crippen LogP contribution in [-0.4, -0.2) is 22.4 Å². The lowest BCUT2D eigenvalue weighted by molar-refractivity contribution is 0.0511. The van der Waals surface area contributed by atoms with Gasteiger partial charge in [-0.1, -0.05) is 53.5 Å². The Labute approximate surface area is 171 Å². The van der Waals surface area contributed by atoms with Gasteiger partial charge < -0.3 is 9.47 Å². The second-order valence-corrected chi connectivity index (χ2v) is 6.47. The summed E-state index contributed by atoms with van der Waals surface area (Å²) < 4.78 is 11.8. The fraction of sp³-hybridized carbons (Fsp3) is 0.150. The topological polar surface area (TPSA) is 70.4 Å². The zero-order valence-corrected chi connectivity index (χ0v) is 16.4. The zero-order chi connectivity index (χ0) is 20.1. The van der Waals surface area contributed by atoms with E-state index in [-0.39, 0.29) is 24.7 Å². The number of carbonyl (C=O) groups excluding carboxylic acids is 1. The van der Waals surface area contributed by atoms with Crippen LogP contribution in [0.25, 0.3) is 5.69 Å². The van der Waals surface area contributed by atoms with E-state index in [4.69, 9.17) is 32.7 Å². The van der Waals surface area contributed by atoms with Crippen LogP contribution >= 0.6 is 23.2 Å². The van der Waals surface area contributed by atoms with E-state index < -0.39 is 11.5 Å². The molecule has 0 saturated heterocycles. The maximum absolute atomic E-state index is 12.6. The van der Waals surface area contributed by atoms with E-state index in [0.29, 0.717) is 21.3 Å². The van der Waals surface area contributed by atoms with Crippen LogP contribution in [0.2, 0.25) is 10.0 Å². The molecule has 0 N–H and O–H groups in total. The minimum absolute atomic E-state index is 0.00618. The van der Waals surface area contributed by atoms with Crippen LogP contribution in [0.3, 0.4) is 0 Å². The Morgan fingerprint density at radius 2 is 1.75 bits per heavy atom. The summed E-state index contributed by atoms with van der Waals surface area (Å²) in [7, 11) is 0. The molecule has 0 saturated carbocycles. The van der Waals surface area contributed by atoms with Gasteiger partial charge in [-0.25, -0.2) is 4.79 Å². The van der Waals surface area contributed by atoms with Crippen LogP contribution in [0.4, 0.5) is 0 Å². The highest BCUT2D eigenvalue weighted by atomic mass is 35.5. The van der Waals surface area contributed by atoms with Gasteiger partial charge in [0.1, 0.15) is 6.61 Å². The highest BCUT2D eigenvalue weighted by Gasteiger charge is 2.20. The summed E-state index contributed by atoms with van der Waals surface area (Å²) in [5.41, 5.74) is 0.412.